The maximum absolute atomic E-state index is 12.3. The van der Waals surface area contributed by atoms with Gasteiger partial charge in [-0.1, -0.05) is 19.9 Å². The van der Waals surface area contributed by atoms with Crippen LogP contribution in [0.25, 0.3) is 5.65 Å². The molecule has 3 aromatic rings. The Bertz CT molecular complexity index is 865. The van der Waals surface area contributed by atoms with Gasteiger partial charge in [-0.05, 0) is 25.5 Å². The summed E-state index contributed by atoms with van der Waals surface area (Å²) in [6, 6.07) is 3.61. The lowest BCUT2D eigenvalue weighted by molar-refractivity contribution is -0.121. The summed E-state index contributed by atoms with van der Waals surface area (Å²) < 4.78 is 7.51. The van der Waals surface area contributed by atoms with E-state index in [4.69, 9.17) is 4.42 Å². The smallest absolute Gasteiger partial charge is 0.238 e. The van der Waals surface area contributed by atoms with Crippen LogP contribution in [0.1, 0.15) is 55.8 Å². The minimum absolute atomic E-state index is 0.116. The number of carbonyl (C=O) groups excluding carboxylic acids is 1. The second kappa shape index (κ2) is 6.43. The van der Waals surface area contributed by atoms with E-state index in [0.29, 0.717) is 11.8 Å². The fourth-order valence-electron chi connectivity index (χ4n) is 2.51. The van der Waals surface area contributed by atoms with Crippen LogP contribution in [0.4, 0.5) is 0 Å². The van der Waals surface area contributed by atoms with Crippen LogP contribution in [0.15, 0.2) is 28.9 Å². The third-order valence-electron chi connectivity index (χ3n) is 3.85. The number of nitrogens with zero attached hydrogens (tertiary/aromatic N) is 4. The predicted octanol–water partition coefficient (Wildman–Crippen LogP) is 2.57. The molecule has 0 saturated heterocycles. The Labute approximate surface area is 140 Å². The second-order valence-electron chi connectivity index (χ2n) is 6.23. The monoisotopic (exact) mass is 327 g/mol. The molecule has 3 rings (SSSR count). The molecule has 3 aromatic heterocycles. The number of rotatable bonds is 5. The highest BCUT2D eigenvalue weighted by Gasteiger charge is 2.18. The molecule has 1 atom stereocenters. The van der Waals surface area contributed by atoms with Gasteiger partial charge in [-0.3, -0.25) is 4.79 Å². The van der Waals surface area contributed by atoms with E-state index in [2.05, 4.69) is 20.5 Å². The zero-order valence-corrected chi connectivity index (χ0v) is 14.3. The van der Waals surface area contributed by atoms with Gasteiger partial charge in [0, 0.05) is 18.3 Å². The molecule has 3 heterocycles. The first-order valence-corrected chi connectivity index (χ1v) is 8.00. The molecular weight excluding hydrogens is 306 g/mol. The van der Waals surface area contributed by atoms with Gasteiger partial charge in [-0.2, -0.15) is 0 Å². The van der Waals surface area contributed by atoms with Crippen molar-refractivity contribution in [3.63, 3.8) is 0 Å². The molecule has 0 aromatic carbocycles. The first-order chi connectivity index (χ1) is 11.5. The van der Waals surface area contributed by atoms with Crippen LogP contribution in [0.5, 0.6) is 0 Å². The van der Waals surface area contributed by atoms with E-state index in [-0.39, 0.29) is 24.3 Å². The van der Waals surface area contributed by atoms with E-state index in [1.165, 1.54) is 0 Å². The van der Waals surface area contributed by atoms with Crippen LogP contribution >= 0.6 is 0 Å². The maximum Gasteiger partial charge on any atom is 0.238 e. The minimum atomic E-state index is -0.335. The lowest BCUT2D eigenvalue weighted by atomic mass is 10.2. The average molecular weight is 327 g/mol. The SMILES string of the molecule is Cc1cccn2c(CC(=O)NC(C)c3nnc(C(C)C)o3)cnc12. The number of pyridine rings is 1. The second-order valence-corrected chi connectivity index (χ2v) is 6.23. The Balaban J connectivity index is 1.69. The van der Waals surface area contributed by atoms with Crippen molar-refractivity contribution >= 4 is 11.6 Å². The van der Waals surface area contributed by atoms with E-state index in [9.17, 15) is 4.79 Å². The Morgan fingerprint density at radius 2 is 2.04 bits per heavy atom. The normalized spacial score (nSPS) is 12.7. The van der Waals surface area contributed by atoms with Crippen molar-refractivity contribution in [1.82, 2.24) is 24.9 Å². The summed E-state index contributed by atoms with van der Waals surface area (Å²) >= 11 is 0. The van der Waals surface area contributed by atoms with Crippen LogP contribution in [0, 0.1) is 6.92 Å². The van der Waals surface area contributed by atoms with Gasteiger partial charge in [-0.15, -0.1) is 10.2 Å². The summed E-state index contributed by atoms with van der Waals surface area (Å²) in [7, 11) is 0. The average Bonchev–Trinajstić information content (AvgIpc) is 3.15. The Hall–Kier alpha value is -2.70. The maximum atomic E-state index is 12.3. The lowest BCUT2D eigenvalue weighted by Gasteiger charge is -2.10. The summed E-state index contributed by atoms with van der Waals surface area (Å²) in [6.45, 7) is 7.78. The Morgan fingerprint density at radius 1 is 1.29 bits per heavy atom. The molecule has 0 spiro atoms. The molecule has 0 bridgehead atoms. The van der Waals surface area contributed by atoms with Gasteiger partial charge < -0.3 is 14.1 Å². The number of amides is 1. The van der Waals surface area contributed by atoms with E-state index in [0.717, 1.165) is 16.9 Å². The van der Waals surface area contributed by atoms with Crippen molar-refractivity contribution in [2.75, 3.05) is 0 Å². The standard InChI is InChI=1S/C17H21N5O2/c1-10(2)16-20-21-17(24-16)12(4)19-14(23)8-13-9-18-15-11(3)6-5-7-22(13)15/h5-7,9-10,12H,8H2,1-4H3,(H,19,23). The quantitative estimate of drug-likeness (QED) is 0.778. The highest BCUT2D eigenvalue weighted by Crippen LogP contribution is 2.17. The summed E-state index contributed by atoms with van der Waals surface area (Å²) in [4.78, 5) is 16.7. The van der Waals surface area contributed by atoms with Gasteiger partial charge in [0.15, 0.2) is 0 Å². The zero-order valence-electron chi connectivity index (χ0n) is 14.3. The Morgan fingerprint density at radius 3 is 2.75 bits per heavy atom. The molecule has 126 valence electrons. The van der Waals surface area contributed by atoms with Gasteiger partial charge in [-0.25, -0.2) is 4.98 Å². The fraction of sp³-hybridized carbons (Fsp3) is 0.412. The van der Waals surface area contributed by atoms with E-state index in [1.807, 2.05) is 50.4 Å². The van der Waals surface area contributed by atoms with Crippen LogP contribution in [-0.4, -0.2) is 25.5 Å². The van der Waals surface area contributed by atoms with Crippen molar-refractivity contribution in [2.45, 2.75) is 46.1 Å². The highest BCUT2D eigenvalue weighted by atomic mass is 16.4. The van der Waals surface area contributed by atoms with Crippen molar-refractivity contribution in [2.24, 2.45) is 0 Å². The van der Waals surface area contributed by atoms with Crippen LogP contribution in [0.2, 0.25) is 0 Å². The largest absolute Gasteiger partial charge is 0.423 e. The van der Waals surface area contributed by atoms with Crippen LogP contribution in [0.3, 0.4) is 0 Å². The van der Waals surface area contributed by atoms with E-state index >= 15 is 0 Å². The van der Waals surface area contributed by atoms with Gasteiger partial charge in [0.25, 0.3) is 0 Å². The molecule has 0 aliphatic carbocycles. The fourth-order valence-corrected chi connectivity index (χ4v) is 2.51. The summed E-state index contributed by atoms with van der Waals surface area (Å²) in [5.41, 5.74) is 2.78. The number of hydrogen-bond donors (Lipinski definition) is 1. The first-order valence-electron chi connectivity index (χ1n) is 8.00. The molecule has 0 aliphatic heterocycles. The molecule has 0 aliphatic rings. The number of fused-ring (bicyclic) bond motifs is 1. The van der Waals surface area contributed by atoms with Crippen LogP contribution in [-0.2, 0) is 11.2 Å². The lowest BCUT2D eigenvalue weighted by Crippen LogP contribution is -2.28. The molecular formula is C17H21N5O2. The summed E-state index contributed by atoms with van der Waals surface area (Å²) in [6.07, 6.45) is 3.88. The molecule has 24 heavy (non-hydrogen) atoms. The number of nitrogens with one attached hydrogen (secondary N) is 1. The molecule has 0 saturated carbocycles. The molecule has 0 fully saturated rings. The third kappa shape index (κ3) is 3.15. The summed E-state index contributed by atoms with van der Waals surface area (Å²) in [5.74, 6) is 1.04. The van der Waals surface area contributed by atoms with Gasteiger partial charge in [0.2, 0.25) is 17.7 Å². The number of aromatic nitrogens is 4. The molecule has 0 radical (unpaired) electrons. The Kier molecular flexibility index (Phi) is 4.33. The van der Waals surface area contributed by atoms with E-state index < -0.39 is 0 Å². The molecule has 7 heteroatoms. The highest BCUT2D eigenvalue weighted by molar-refractivity contribution is 5.78. The number of carbonyl (C=O) groups is 1. The number of imidazole rings is 1. The topological polar surface area (TPSA) is 85.3 Å². The van der Waals surface area contributed by atoms with Gasteiger partial charge >= 0.3 is 0 Å². The van der Waals surface area contributed by atoms with Crippen molar-refractivity contribution < 1.29 is 9.21 Å². The summed E-state index contributed by atoms with van der Waals surface area (Å²) in [5, 5.41) is 10.9. The molecule has 7 nitrogen and oxygen atoms in total. The molecule has 1 amide bonds. The molecule has 1 N–H and O–H groups in total. The first kappa shape index (κ1) is 16.2. The molecule has 1 unspecified atom stereocenters. The number of aryl methyl sites for hydroxylation is 1. The van der Waals surface area contributed by atoms with E-state index in [1.54, 1.807) is 6.20 Å². The number of hydrogen-bond acceptors (Lipinski definition) is 5. The predicted molar refractivity (Wildman–Crippen MR) is 88.6 cm³/mol. The van der Waals surface area contributed by atoms with Gasteiger partial charge in [0.1, 0.15) is 11.7 Å². The van der Waals surface area contributed by atoms with Crippen molar-refractivity contribution in [3.05, 3.63) is 47.6 Å². The van der Waals surface area contributed by atoms with Crippen molar-refractivity contribution in [3.8, 4) is 0 Å². The van der Waals surface area contributed by atoms with Crippen LogP contribution < -0.4 is 5.32 Å². The van der Waals surface area contributed by atoms with Crippen molar-refractivity contribution in [1.29, 1.82) is 0 Å². The minimum Gasteiger partial charge on any atom is -0.423 e. The third-order valence-corrected chi connectivity index (χ3v) is 3.85. The zero-order chi connectivity index (χ0) is 17.3. The van der Waals surface area contributed by atoms with Gasteiger partial charge in [0.05, 0.1) is 12.1 Å².